The molecule has 0 unspecified atom stereocenters. The lowest BCUT2D eigenvalue weighted by molar-refractivity contribution is -0.148. The summed E-state index contributed by atoms with van der Waals surface area (Å²) in [6, 6.07) is 0. The number of carbonyl (C=O) groups is 2. The van der Waals surface area contributed by atoms with Crippen molar-refractivity contribution in [1.82, 2.24) is 4.90 Å². The topological polar surface area (TPSA) is 57.6 Å². The zero-order valence-electron chi connectivity index (χ0n) is 7.95. The van der Waals surface area contributed by atoms with Crippen molar-refractivity contribution < 1.29 is 14.7 Å². The van der Waals surface area contributed by atoms with Crippen LogP contribution in [0.3, 0.4) is 0 Å². The molecule has 0 heterocycles. The monoisotopic (exact) mass is 205 g/mol. The minimum atomic E-state index is -1.33. The number of ketones is 1. The van der Waals surface area contributed by atoms with Crippen LogP contribution in [-0.4, -0.2) is 53.9 Å². The van der Waals surface area contributed by atoms with E-state index in [-0.39, 0.29) is 6.42 Å². The Hall–Kier alpha value is -0.550. The molecule has 0 aliphatic heterocycles. The predicted molar refractivity (Wildman–Crippen MR) is 53.1 cm³/mol. The van der Waals surface area contributed by atoms with Crippen LogP contribution in [0.5, 0.6) is 0 Å². The average Bonchev–Trinajstić information content (AvgIpc) is 2.02. The SMILES string of the molecule is CN(C)CCSCCC(=O)C(=O)O. The Balaban J connectivity index is 3.26. The maximum atomic E-state index is 10.6. The molecule has 13 heavy (non-hydrogen) atoms. The Morgan fingerprint density at radius 3 is 2.38 bits per heavy atom. The van der Waals surface area contributed by atoms with Gasteiger partial charge in [-0.2, -0.15) is 11.8 Å². The fourth-order valence-corrected chi connectivity index (χ4v) is 1.65. The van der Waals surface area contributed by atoms with E-state index < -0.39 is 11.8 Å². The van der Waals surface area contributed by atoms with Crippen LogP contribution >= 0.6 is 11.8 Å². The fourth-order valence-electron chi connectivity index (χ4n) is 0.621. The number of thioether (sulfide) groups is 1. The van der Waals surface area contributed by atoms with Gasteiger partial charge >= 0.3 is 5.97 Å². The van der Waals surface area contributed by atoms with E-state index in [2.05, 4.69) is 0 Å². The third-order valence-corrected chi connectivity index (χ3v) is 2.36. The molecule has 76 valence electrons. The van der Waals surface area contributed by atoms with Gasteiger partial charge in [0.05, 0.1) is 0 Å². The minimum Gasteiger partial charge on any atom is -0.476 e. The van der Waals surface area contributed by atoms with E-state index in [4.69, 9.17) is 5.11 Å². The number of rotatable bonds is 7. The average molecular weight is 205 g/mol. The van der Waals surface area contributed by atoms with Crippen molar-refractivity contribution in [3.05, 3.63) is 0 Å². The summed E-state index contributed by atoms with van der Waals surface area (Å²) in [7, 11) is 3.95. The van der Waals surface area contributed by atoms with E-state index in [9.17, 15) is 9.59 Å². The Bertz CT molecular complexity index is 182. The first kappa shape index (κ1) is 12.4. The van der Waals surface area contributed by atoms with Crippen LogP contribution in [0.25, 0.3) is 0 Å². The molecular formula is C8H15NO3S. The summed E-state index contributed by atoms with van der Waals surface area (Å²) in [5, 5.41) is 8.26. The lowest BCUT2D eigenvalue weighted by Crippen LogP contribution is -2.16. The summed E-state index contributed by atoms with van der Waals surface area (Å²) in [6.07, 6.45) is 0.132. The molecule has 0 aromatic carbocycles. The lowest BCUT2D eigenvalue weighted by Gasteiger charge is -2.07. The van der Waals surface area contributed by atoms with E-state index in [1.165, 1.54) is 0 Å². The van der Waals surface area contributed by atoms with Gasteiger partial charge in [0.25, 0.3) is 0 Å². The molecule has 0 saturated heterocycles. The first-order valence-corrected chi connectivity index (χ1v) is 5.18. The summed E-state index contributed by atoms with van der Waals surface area (Å²) in [5.41, 5.74) is 0. The molecule has 0 aliphatic carbocycles. The van der Waals surface area contributed by atoms with Gasteiger partial charge in [0.1, 0.15) is 0 Å². The van der Waals surface area contributed by atoms with Gasteiger partial charge < -0.3 is 10.0 Å². The zero-order valence-corrected chi connectivity index (χ0v) is 8.76. The molecule has 4 nitrogen and oxygen atoms in total. The van der Waals surface area contributed by atoms with Gasteiger partial charge in [0.2, 0.25) is 5.78 Å². The Morgan fingerprint density at radius 2 is 1.92 bits per heavy atom. The van der Waals surface area contributed by atoms with Crippen LogP contribution in [0.4, 0.5) is 0 Å². The second kappa shape index (κ2) is 6.91. The van der Waals surface area contributed by atoms with Gasteiger partial charge in [0.15, 0.2) is 0 Å². The molecule has 0 atom stereocenters. The van der Waals surface area contributed by atoms with Crippen molar-refractivity contribution in [3.8, 4) is 0 Å². The maximum absolute atomic E-state index is 10.6. The molecule has 0 rings (SSSR count). The van der Waals surface area contributed by atoms with Gasteiger partial charge in [0, 0.05) is 24.5 Å². The molecule has 0 aromatic rings. The summed E-state index contributed by atoms with van der Waals surface area (Å²) < 4.78 is 0. The second-order valence-electron chi connectivity index (χ2n) is 2.89. The number of aliphatic carboxylic acids is 1. The molecular weight excluding hydrogens is 190 g/mol. The van der Waals surface area contributed by atoms with Crippen molar-refractivity contribution in [2.45, 2.75) is 6.42 Å². The van der Waals surface area contributed by atoms with Crippen LogP contribution in [-0.2, 0) is 9.59 Å². The second-order valence-corrected chi connectivity index (χ2v) is 4.12. The lowest BCUT2D eigenvalue weighted by atomic mass is 10.3. The first-order chi connectivity index (χ1) is 6.04. The molecule has 0 radical (unpaired) electrons. The third kappa shape index (κ3) is 7.80. The molecule has 0 spiro atoms. The van der Waals surface area contributed by atoms with E-state index in [0.717, 1.165) is 12.3 Å². The first-order valence-electron chi connectivity index (χ1n) is 4.02. The number of carboxylic acid groups (broad SMARTS) is 1. The van der Waals surface area contributed by atoms with Crippen molar-refractivity contribution >= 4 is 23.5 Å². The maximum Gasteiger partial charge on any atom is 0.372 e. The Kier molecular flexibility index (Phi) is 6.62. The minimum absolute atomic E-state index is 0.132. The molecule has 0 amide bonds. The molecule has 1 N–H and O–H groups in total. The van der Waals surface area contributed by atoms with Crippen LogP contribution in [0.2, 0.25) is 0 Å². The number of hydrogen-bond acceptors (Lipinski definition) is 4. The van der Waals surface area contributed by atoms with Crippen molar-refractivity contribution in [2.24, 2.45) is 0 Å². The number of Topliss-reactive ketones (excluding diaryl/α,β-unsaturated/α-hetero) is 1. The third-order valence-electron chi connectivity index (χ3n) is 1.39. The van der Waals surface area contributed by atoms with Crippen LogP contribution < -0.4 is 0 Å². The molecule has 0 aliphatic rings. The standard InChI is InChI=1S/C8H15NO3S/c1-9(2)4-6-13-5-3-7(10)8(11)12/h3-6H2,1-2H3,(H,11,12). The number of nitrogens with zero attached hydrogens (tertiary/aromatic N) is 1. The quantitative estimate of drug-likeness (QED) is 0.479. The van der Waals surface area contributed by atoms with Crippen LogP contribution in [0, 0.1) is 0 Å². The van der Waals surface area contributed by atoms with Crippen LogP contribution in [0.15, 0.2) is 0 Å². The highest BCUT2D eigenvalue weighted by Gasteiger charge is 2.09. The highest BCUT2D eigenvalue weighted by Crippen LogP contribution is 2.02. The smallest absolute Gasteiger partial charge is 0.372 e. The Labute approximate surface area is 82.3 Å². The molecule has 0 fully saturated rings. The normalized spacial score (nSPS) is 10.4. The Morgan fingerprint density at radius 1 is 1.31 bits per heavy atom. The molecule has 0 bridgehead atoms. The molecule has 0 saturated carbocycles. The van der Waals surface area contributed by atoms with Gasteiger partial charge in [-0.3, -0.25) is 4.79 Å². The van der Waals surface area contributed by atoms with Crippen molar-refractivity contribution in [3.63, 3.8) is 0 Å². The van der Waals surface area contributed by atoms with E-state index in [1.807, 2.05) is 19.0 Å². The zero-order chi connectivity index (χ0) is 10.3. The summed E-state index contributed by atoms with van der Waals surface area (Å²) in [4.78, 5) is 22.8. The largest absolute Gasteiger partial charge is 0.476 e. The summed E-state index contributed by atoms with van der Waals surface area (Å²) in [5.74, 6) is -0.496. The van der Waals surface area contributed by atoms with Crippen molar-refractivity contribution in [2.75, 3.05) is 32.1 Å². The highest BCUT2D eigenvalue weighted by atomic mass is 32.2. The van der Waals surface area contributed by atoms with Gasteiger partial charge in [-0.15, -0.1) is 0 Å². The van der Waals surface area contributed by atoms with Gasteiger partial charge in [-0.25, -0.2) is 4.79 Å². The fraction of sp³-hybridized carbons (Fsp3) is 0.750. The number of carboxylic acids is 1. The van der Waals surface area contributed by atoms with E-state index >= 15 is 0 Å². The number of hydrogen-bond donors (Lipinski definition) is 1. The molecule has 0 aromatic heterocycles. The summed E-state index contributed by atoms with van der Waals surface area (Å²) in [6.45, 7) is 0.950. The number of carbonyl (C=O) groups excluding carboxylic acids is 1. The van der Waals surface area contributed by atoms with E-state index in [0.29, 0.717) is 5.75 Å². The van der Waals surface area contributed by atoms with Crippen molar-refractivity contribution in [1.29, 1.82) is 0 Å². The van der Waals surface area contributed by atoms with Crippen LogP contribution in [0.1, 0.15) is 6.42 Å². The van der Waals surface area contributed by atoms with Gasteiger partial charge in [-0.1, -0.05) is 0 Å². The predicted octanol–water partition coefficient (Wildman–Crippen LogP) is 0.325. The molecule has 5 heteroatoms. The van der Waals surface area contributed by atoms with E-state index in [1.54, 1.807) is 11.8 Å². The van der Waals surface area contributed by atoms with Gasteiger partial charge in [-0.05, 0) is 14.1 Å². The summed E-state index contributed by atoms with van der Waals surface area (Å²) >= 11 is 1.60. The highest BCUT2D eigenvalue weighted by molar-refractivity contribution is 7.99.